The Balaban J connectivity index is 1.25. The van der Waals surface area contributed by atoms with Crippen LogP contribution in [0.5, 0.6) is 11.5 Å². The van der Waals surface area contributed by atoms with Crippen LogP contribution >= 0.6 is 0 Å². The zero-order chi connectivity index (χ0) is 24.9. The highest BCUT2D eigenvalue weighted by molar-refractivity contribution is 6.00. The molecule has 4 aromatic rings. The van der Waals surface area contributed by atoms with Gasteiger partial charge in [-0.2, -0.15) is 0 Å². The molecule has 2 saturated heterocycles. The largest absolute Gasteiger partial charge is 0.457 e. The van der Waals surface area contributed by atoms with E-state index in [1.54, 1.807) is 6.33 Å². The molecular weight excluding hydrogens is 450 g/mol. The van der Waals surface area contributed by atoms with E-state index in [1.807, 2.05) is 24.3 Å². The Morgan fingerprint density at radius 2 is 1.72 bits per heavy atom. The molecule has 4 heterocycles. The van der Waals surface area contributed by atoms with E-state index >= 15 is 0 Å². The summed E-state index contributed by atoms with van der Waals surface area (Å²) < 4.78 is 13.8. The normalized spacial score (nSPS) is 20.2. The summed E-state index contributed by atoms with van der Waals surface area (Å²) in [6.45, 7) is 10.6. The second-order valence-electron chi connectivity index (χ2n) is 11.0. The van der Waals surface area contributed by atoms with Crippen LogP contribution in [0.3, 0.4) is 0 Å². The highest BCUT2D eigenvalue weighted by atomic mass is 16.6. The van der Waals surface area contributed by atoms with Gasteiger partial charge < -0.3 is 19.8 Å². The van der Waals surface area contributed by atoms with Crippen LogP contribution in [0.4, 0.5) is 5.82 Å². The molecule has 2 N–H and O–H groups in total. The van der Waals surface area contributed by atoms with E-state index in [-0.39, 0.29) is 5.41 Å². The fraction of sp³-hybridized carbons (Fsp3) is 0.379. The molecule has 0 spiro atoms. The molecule has 0 radical (unpaired) electrons. The lowest BCUT2D eigenvalue weighted by Gasteiger charge is -2.19. The molecule has 0 bridgehead atoms. The van der Waals surface area contributed by atoms with Crippen molar-refractivity contribution in [2.75, 3.05) is 32.0 Å². The van der Waals surface area contributed by atoms with Crippen LogP contribution in [0.1, 0.15) is 38.8 Å². The molecular formula is C29H33N5O2. The maximum absolute atomic E-state index is 6.37. The average molecular weight is 484 g/mol. The SMILES string of the molecule is CC(C)(C)c1ccc(Oc2ccc(-c3cn([C@H]4CCN(C[C@@H]5CO5)C4)c4ncnc(N)c34)cc2)cc1. The molecule has 0 saturated carbocycles. The number of likely N-dealkylation sites (tertiary alicyclic amines) is 1. The van der Waals surface area contributed by atoms with Gasteiger partial charge >= 0.3 is 0 Å². The van der Waals surface area contributed by atoms with Gasteiger partial charge in [0.1, 0.15) is 29.3 Å². The summed E-state index contributed by atoms with van der Waals surface area (Å²) in [7, 11) is 0. The zero-order valence-corrected chi connectivity index (χ0v) is 21.1. The first-order chi connectivity index (χ1) is 17.3. The Morgan fingerprint density at radius 1 is 1.03 bits per heavy atom. The second kappa shape index (κ2) is 8.91. The minimum Gasteiger partial charge on any atom is -0.457 e. The van der Waals surface area contributed by atoms with E-state index in [0.29, 0.717) is 18.0 Å². The van der Waals surface area contributed by atoms with Crippen molar-refractivity contribution in [2.45, 2.75) is 44.8 Å². The standard InChI is InChI=1S/C29H33N5O2/c1-29(2,3)20-6-10-23(11-7-20)36-22-8-4-19(5-9-22)25-16-34(28-26(25)27(30)31-18-32-28)21-12-13-33(14-21)15-24-17-35-24/h4-11,16,18,21,24H,12-15,17H2,1-3H3,(H2,30,31,32)/t21-,24+/m0/s1. The summed E-state index contributed by atoms with van der Waals surface area (Å²) in [5.41, 5.74) is 10.8. The van der Waals surface area contributed by atoms with Gasteiger partial charge in [-0.05, 0) is 47.2 Å². The van der Waals surface area contributed by atoms with Crippen LogP contribution in [0.25, 0.3) is 22.2 Å². The van der Waals surface area contributed by atoms with Gasteiger partial charge in [0.05, 0.1) is 18.1 Å². The van der Waals surface area contributed by atoms with Crippen molar-refractivity contribution in [1.29, 1.82) is 0 Å². The van der Waals surface area contributed by atoms with Crippen molar-refractivity contribution in [1.82, 2.24) is 19.4 Å². The third-order valence-electron chi connectivity index (χ3n) is 7.27. The number of hydrogen-bond donors (Lipinski definition) is 1. The van der Waals surface area contributed by atoms with Crippen LogP contribution in [0.15, 0.2) is 61.1 Å². The Hall–Kier alpha value is -3.42. The number of nitrogens with zero attached hydrogens (tertiary/aromatic N) is 4. The van der Waals surface area contributed by atoms with Crippen molar-refractivity contribution >= 4 is 16.9 Å². The smallest absolute Gasteiger partial charge is 0.146 e. The third-order valence-corrected chi connectivity index (χ3v) is 7.27. The number of nitrogen functional groups attached to an aromatic ring is 1. The average Bonchev–Trinajstić information content (AvgIpc) is 3.40. The zero-order valence-electron chi connectivity index (χ0n) is 21.1. The first-order valence-electron chi connectivity index (χ1n) is 12.7. The molecule has 0 amide bonds. The summed E-state index contributed by atoms with van der Waals surface area (Å²) in [5, 5.41) is 0.910. The summed E-state index contributed by atoms with van der Waals surface area (Å²) in [5.74, 6) is 2.13. The predicted molar refractivity (Wildman–Crippen MR) is 142 cm³/mol. The van der Waals surface area contributed by atoms with Gasteiger partial charge in [-0.15, -0.1) is 0 Å². The Kier molecular flexibility index (Phi) is 5.69. The lowest BCUT2D eigenvalue weighted by molar-refractivity contribution is 0.278. The third kappa shape index (κ3) is 4.56. The predicted octanol–water partition coefficient (Wildman–Crippen LogP) is 5.42. The summed E-state index contributed by atoms with van der Waals surface area (Å²) in [4.78, 5) is 11.4. The molecule has 0 unspecified atom stereocenters. The molecule has 36 heavy (non-hydrogen) atoms. The quantitative estimate of drug-likeness (QED) is 0.369. The van der Waals surface area contributed by atoms with Crippen molar-refractivity contribution in [3.8, 4) is 22.6 Å². The molecule has 0 aliphatic carbocycles. The highest BCUT2D eigenvalue weighted by Gasteiger charge is 2.32. The molecule has 2 aliphatic rings. The van der Waals surface area contributed by atoms with E-state index in [4.69, 9.17) is 15.2 Å². The van der Waals surface area contributed by atoms with E-state index in [2.05, 4.69) is 70.7 Å². The van der Waals surface area contributed by atoms with E-state index < -0.39 is 0 Å². The number of hydrogen-bond acceptors (Lipinski definition) is 6. The second-order valence-corrected chi connectivity index (χ2v) is 11.0. The lowest BCUT2D eigenvalue weighted by Crippen LogP contribution is -2.25. The number of ether oxygens (including phenoxy) is 2. The Bertz CT molecular complexity index is 1370. The number of benzene rings is 2. The molecule has 2 fully saturated rings. The van der Waals surface area contributed by atoms with E-state index in [9.17, 15) is 0 Å². The minimum absolute atomic E-state index is 0.118. The molecule has 2 aromatic heterocycles. The summed E-state index contributed by atoms with van der Waals surface area (Å²) in [6, 6.07) is 16.8. The van der Waals surface area contributed by atoms with Gasteiger partial charge in [0.15, 0.2) is 0 Å². The van der Waals surface area contributed by atoms with Gasteiger partial charge in [-0.1, -0.05) is 45.0 Å². The van der Waals surface area contributed by atoms with Crippen LogP contribution in [-0.4, -0.2) is 51.8 Å². The van der Waals surface area contributed by atoms with Gasteiger partial charge in [-0.3, -0.25) is 4.90 Å². The molecule has 2 aromatic carbocycles. The fourth-order valence-electron chi connectivity index (χ4n) is 5.13. The molecule has 7 heteroatoms. The number of rotatable bonds is 6. The molecule has 2 aliphatic heterocycles. The molecule has 2 atom stereocenters. The van der Waals surface area contributed by atoms with E-state index in [1.165, 1.54) is 5.56 Å². The number of anilines is 1. The van der Waals surface area contributed by atoms with Gasteiger partial charge in [0, 0.05) is 37.4 Å². The first-order valence-corrected chi connectivity index (χ1v) is 12.7. The number of aromatic nitrogens is 3. The number of fused-ring (bicyclic) bond motifs is 1. The first kappa shape index (κ1) is 23.0. The van der Waals surface area contributed by atoms with Crippen molar-refractivity contribution in [3.63, 3.8) is 0 Å². The van der Waals surface area contributed by atoms with Gasteiger partial charge in [-0.25, -0.2) is 9.97 Å². The number of nitrogens with two attached hydrogens (primary N) is 1. The fourth-order valence-corrected chi connectivity index (χ4v) is 5.13. The van der Waals surface area contributed by atoms with Crippen LogP contribution in [-0.2, 0) is 10.2 Å². The van der Waals surface area contributed by atoms with Crippen molar-refractivity contribution in [3.05, 3.63) is 66.6 Å². The number of epoxide rings is 1. The van der Waals surface area contributed by atoms with Crippen molar-refractivity contribution < 1.29 is 9.47 Å². The molecule has 186 valence electrons. The minimum atomic E-state index is 0.118. The molecule has 6 rings (SSSR count). The monoisotopic (exact) mass is 483 g/mol. The van der Waals surface area contributed by atoms with Gasteiger partial charge in [0.2, 0.25) is 0 Å². The maximum atomic E-state index is 6.37. The van der Waals surface area contributed by atoms with Crippen LogP contribution < -0.4 is 10.5 Å². The summed E-state index contributed by atoms with van der Waals surface area (Å²) in [6.07, 6.45) is 5.25. The lowest BCUT2D eigenvalue weighted by atomic mass is 9.87. The van der Waals surface area contributed by atoms with E-state index in [0.717, 1.165) is 66.3 Å². The van der Waals surface area contributed by atoms with Crippen LogP contribution in [0, 0.1) is 0 Å². The summed E-state index contributed by atoms with van der Waals surface area (Å²) >= 11 is 0. The van der Waals surface area contributed by atoms with Gasteiger partial charge in [0.25, 0.3) is 0 Å². The Labute approximate surface area is 211 Å². The molecule has 7 nitrogen and oxygen atoms in total. The van der Waals surface area contributed by atoms with Crippen LogP contribution in [0.2, 0.25) is 0 Å². The van der Waals surface area contributed by atoms with Crippen molar-refractivity contribution in [2.24, 2.45) is 0 Å². The topological polar surface area (TPSA) is 81.7 Å². The highest BCUT2D eigenvalue weighted by Crippen LogP contribution is 2.37. The maximum Gasteiger partial charge on any atom is 0.146 e. The Morgan fingerprint density at radius 3 is 2.39 bits per heavy atom.